The molecular formula is C10H19N5O2. The van der Waals surface area contributed by atoms with Gasteiger partial charge < -0.3 is 19.9 Å². The first-order valence-corrected chi connectivity index (χ1v) is 5.61. The zero-order chi connectivity index (χ0) is 12.5. The smallest absolute Gasteiger partial charge is 0.234 e. The molecule has 1 heterocycles. The van der Waals surface area contributed by atoms with Crippen molar-refractivity contribution in [1.29, 1.82) is 0 Å². The maximum Gasteiger partial charge on any atom is 0.234 e. The third kappa shape index (κ3) is 4.92. The van der Waals surface area contributed by atoms with Crippen LogP contribution in [0.2, 0.25) is 0 Å². The first-order valence-electron chi connectivity index (χ1n) is 5.61. The second-order valence-corrected chi connectivity index (χ2v) is 3.48. The van der Waals surface area contributed by atoms with Crippen LogP contribution < -0.4 is 10.6 Å². The summed E-state index contributed by atoms with van der Waals surface area (Å²) in [5.41, 5.74) is 0. The number of nitrogens with one attached hydrogen (secondary N) is 2. The minimum absolute atomic E-state index is 0.0513. The van der Waals surface area contributed by atoms with Crippen LogP contribution in [0.1, 0.15) is 12.7 Å². The van der Waals surface area contributed by atoms with Gasteiger partial charge in [0.15, 0.2) is 0 Å². The Morgan fingerprint density at radius 1 is 1.59 bits per heavy atom. The molecule has 1 amide bonds. The zero-order valence-corrected chi connectivity index (χ0v) is 10.3. The molecule has 96 valence electrons. The summed E-state index contributed by atoms with van der Waals surface area (Å²) in [5.74, 6) is 0.779. The monoisotopic (exact) mass is 241 g/mol. The highest BCUT2D eigenvalue weighted by Gasteiger charge is 2.04. The Morgan fingerprint density at radius 3 is 3.12 bits per heavy atom. The Balaban J connectivity index is 2.17. The van der Waals surface area contributed by atoms with Gasteiger partial charge in [0, 0.05) is 20.2 Å². The lowest BCUT2D eigenvalue weighted by Crippen LogP contribution is -2.35. The highest BCUT2D eigenvalue weighted by atomic mass is 16.5. The third-order valence-electron chi connectivity index (χ3n) is 2.23. The van der Waals surface area contributed by atoms with Gasteiger partial charge in [-0.3, -0.25) is 4.79 Å². The summed E-state index contributed by atoms with van der Waals surface area (Å²) < 4.78 is 6.76. The van der Waals surface area contributed by atoms with Crippen LogP contribution in [0.4, 0.5) is 0 Å². The number of methoxy groups -OCH3 is 1. The van der Waals surface area contributed by atoms with E-state index in [9.17, 15) is 4.79 Å². The van der Waals surface area contributed by atoms with Crippen LogP contribution >= 0.6 is 0 Å². The van der Waals surface area contributed by atoms with Gasteiger partial charge in [0.2, 0.25) is 5.91 Å². The van der Waals surface area contributed by atoms with E-state index in [2.05, 4.69) is 20.8 Å². The standard InChI is InChI=1S/C10H19N5O2/c1-3-15-8-13-14-9(15)6-11-7-10(16)12-4-5-17-2/h8,11H,3-7H2,1-2H3,(H,12,16). The summed E-state index contributed by atoms with van der Waals surface area (Å²) in [5, 5.41) is 13.5. The van der Waals surface area contributed by atoms with Crippen LogP contribution in [0.3, 0.4) is 0 Å². The zero-order valence-electron chi connectivity index (χ0n) is 10.3. The van der Waals surface area contributed by atoms with Gasteiger partial charge in [0.1, 0.15) is 12.2 Å². The second-order valence-electron chi connectivity index (χ2n) is 3.48. The summed E-state index contributed by atoms with van der Waals surface area (Å²) in [6.45, 7) is 4.69. The van der Waals surface area contributed by atoms with Crippen molar-refractivity contribution in [3.8, 4) is 0 Å². The van der Waals surface area contributed by atoms with Crippen LogP contribution in [0.5, 0.6) is 0 Å². The van der Waals surface area contributed by atoms with Gasteiger partial charge in [-0.2, -0.15) is 0 Å². The second kappa shape index (κ2) is 7.75. The van der Waals surface area contributed by atoms with E-state index >= 15 is 0 Å². The molecule has 0 aromatic carbocycles. The topological polar surface area (TPSA) is 81.1 Å². The predicted octanol–water partition coefficient (Wildman–Crippen LogP) is -0.850. The third-order valence-corrected chi connectivity index (χ3v) is 2.23. The van der Waals surface area contributed by atoms with E-state index in [1.807, 2.05) is 11.5 Å². The summed E-state index contributed by atoms with van der Waals surface area (Å²) in [6.07, 6.45) is 1.68. The number of ether oxygens (including phenoxy) is 1. The van der Waals surface area contributed by atoms with E-state index in [1.54, 1.807) is 13.4 Å². The molecule has 0 bridgehead atoms. The van der Waals surface area contributed by atoms with E-state index in [-0.39, 0.29) is 12.5 Å². The van der Waals surface area contributed by atoms with E-state index in [0.29, 0.717) is 19.7 Å². The minimum Gasteiger partial charge on any atom is -0.383 e. The van der Waals surface area contributed by atoms with Crippen molar-refractivity contribution in [2.24, 2.45) is 0 Å². The van der Waals surface area contributed by atoms with E-state index < -0.39 is 0 Å². The van der Waals surface area contributed by atoms with Gasteiger partial charge >= 0.3 is 0 Å². The summed E-state index contributed by atoms with van der Waals surface area (Å²) in [7, 11) is 1.60. The SMILES string of the molecule is CCn1cnnc1CNCC(=O)NCCOC. The molecule has 0 fully saturated rings. The Kier molecular flexibility index (Phi) is 6.19. The molecule has 0 saturated heterocycles. The van der Waals surface area contributed by atoms with Crippen LogP contribution in [0, 0.1) is 0 Å². The number of rotatable bonds is 8. The molecule has 7 heteroatoms. The predicted molar refractivity (Wildman–Crippen MR) is 62.3 cm³/mol. The van der Waals surface area contributed by atoms with E-state index in [4.69, 9.17) is 4.74 Å². The van der Waals surface area contributed by atoms with Crippen molar-refractivity contribution in [1.82, 2.24) is 25.4 Å². The normalized spacial score (nSPS) is 10.5. The Hall–Kier alpha value is -1.47. The highest BCUT2D eigenvalue weighted by Crippen LogP contribution is 1.93. The molecule has 0 spiro atoms. The molecule has 0 aliphatic rings. The molecule has 1 aromatic rings. The molecule has 2 N–H and O–H groups in total. The molecule has 0 atom stereocenters. The Morgan fingerprint density at radius 2 is 2.41 bits per heavy atom. The van der Waals surface area contributed by atoms with Crippen molar-refractivity contribution >= 4 is 5.91 Å². The fraction of sp³-hybridized carbons (Fsp3) is 0.700. The first kappa shape index (κ1) is 13.6. The van der Waals surface area contributed by atoms with E-state index in [0.717, 1.165) is 12.4 Å². The number of aryl methyl sites for hydroxylation is 1. The van der Waals surface area contributed by atoms with Gasteiger partial charge in [0.05, 0.1) is 19.7 Å². The van der Waals surface area contributed by atoms with Crippen LogP contribution in [-0.4, -0.2) is 47.5 Å². The number of amides is 1. The number of carbonyl (C=O) groups excluding carboxylic acids is 1. The molecule has 0 aliphatic heterocycles. The lowest BCUT2D eigenvalue weighted by Gasteiger charge is -2.06. The maximum absolute atomic E-state index is 11.3. The first-order chi connectivity index (χ1) is 8.27. The van der Waals surface area contributed by atoms with Crippen molar-refractivity contribution in [3.63, 3.8) is 0 Å². The largest absolute Gasteiger partial charge is 0.383 e. The van der Waals surface area contributed by atoms with Crippen molar-refractivity contribution in [2.75, 3.05) is 26.8 Å². The molecule has 0 saturated carbocycles. The van der Waals surface area contributed by atoms with Gasteiger partial charge in [-0.05, 0) is 6.92 Å². The fourth-order valence-electron chi connectivity index (χ4n) is 1.32. The molecule has 1 rings (SSSR count). The lowest BCUT2D eigenvalue weighted by molar-refractivity contribution is -0.120. The molecule has 0 radical (unpaired) electrons. The van der Waals surface area contributed by atoms with Crippen molar-refractivity contribution in [3.05, 3.63) is 12.2 Å². The van der Waals surface area contributed by atoms with Crippen LogP contribution in [0.15, 0.2) is 6.33 Å². The Labute approximate surface area is 101 Å². The molecule has 7 nitrogen and oxygen atoms in total. The molecule has 17 heavy (non-hydrogen) atoms. The van der Waals surface area contributed by atoms with E-state index in [1.165, 1.54) is 0 Å². The van der Waals surface area contributed by atoms with Gasteiger partial charge in [-0.15, -0.1) is 10.2 Å². The number of hydrogen-bond donors (Lipinski definition) is 2. The minimum atomic E-state index is -0.0513. The fourth-order valence-corrected chi connectivity index (χ4v) is 1.32. The quantitative estimate of drug-likeness (QED) is 0.579. The number of hydrogen-bond acceptors (Lipinski definition) is 5. The van der Waals surface area contributed by atoms with Gasteiger partial charge in [-0.1, -0.05) is 0 Å². The molecule has 0 unspecified atom stereocenters. The van der Waals surface area contributed by atoms with Crippen LogP contribution in [0.25, 0.3) is 0 Å². The highest BCUT2D eigenvalue weighted by molar-refractivity contribution is 5.77. The summed E-state index contributed by atoms with van der Waals surface area (Å²) >= 11 is 0. The number of aromatic nitrogens is 3. The molecular weight excluding hydrogens is 222 g/mol. The summed E-state index contributed by atoms with van der Waals surface area (Å²) in [6, 6.07) is 0. The van der Waals surface area contributed by atoms with Gasteiger partial charge in [0.25, 0.3) is 0 Å². The lowest BCUT2D eigenvalue weighted by atomic mass is 10.5. The average molecular weight is 241 g/mol. The van der Waals surface area contributed by atoms with Crippen LogP contribution in [-0.2, 0) is 22.6 Å². The van der Waals surface area contributed by atoms with Crippen molar-refractivity contribution in [2.45, 2.75) is 20.0 Å². The van der Waals surface area contributed by atoms with Gasteiger partial charge in [-0.25, -0.2) is 0 Å². The maximum atomic E-state index is 11.3. The Bertz CT molecular complexity index is 339. The number of carbonyl (C=O) groups is 1. The molecule has 1 aromatic heterocycles. The molecule has 0 aliphatic carbocycles. The number of nitrogens with zero attached hydrogens (tertiary/aromatic N) is 3. The van der Waals surface area contributed by atoms with Crippen molar-refractivity contribution < 1.29 is 9.53 Å². The average Bonchev–Trinajstić information content (AvgIpc) is 2.77. The summed E-state index contributed by atoms with van der Waals surface area (Å²) in [4.78, 5) is 11.3.